The zero-order chi connectivity index (χ0) is 17.1. The van der Waals surface area contributed by atoms with Crippen LogP contribution in [0, 0.1) is 6.92 Å². The van der Waals surface area contributed by atoms with Gasteiger partial charge in [0.25, 0.3) is 5.91 Å². The van der Waals surface area contributed by atoms with Gasteiger partial charge in [-0.05, 0) is 24.6 Å². The van der Waals surface area contributed by atoms with Crippen molar-refractivity contribution in [1.82, 2.24) is 4.90 Å². The maximum absolute atomic E-state index is 12.4. The highest BCUT2D eigenvalue weighted by molar-refractivity contribution is 9.10. The topological polar surface area (TPSA) is 78.9 Å². The molecular weight excluding hydrogens is 388 g/mol. The monoisotopic (exact) mass is 402 g/mol. The number of amides is 1. The van der Waals surface area contributed by atoms with E-state index < -0.39 is 5.97 Å². The minimum absolute atomic E-state index is 0.0849. The molecule has 1 aromatic carbocycles. The summed E-state index contributed by atoms with van der Waals surface area (Å²) in [7, 11) is 1.25. The molecule has 0 aliphatic carbocycles. The number of anilines is 1. The second kappa shape index (κ2) is 7.33. The first-order chi connectivity index (χ1) is 10.9. The average Bonchev–Trinajstić information content (AvgIpc) is 2.84. The Bertz CT molecular complexity index is 690. The van der Waals surface area contributed by atoms with E-state index in [1.54, 1.807) is 12.1 Å². The van der Waals surface area contributed by atoms with E-state index in [0.29, 0.717) is 10.7 Å². The van der Waals surface area contributed by atoms with Gasteiger partial charge in [0.05, 0.1) is 36.5 Å². The number of aliphatic hydroxyl groups excluding tert-OH is 1. The summed E-state index contributed by atoms with van der Waals surface area (Å²) < 4.78 is 5.57. The Hall–Kier alpha value is -1.57. The highest BCUT2D eigenvalue weighted by atomic mass is 79.9. The SMILES string of the molecule is COC(=O)C1=C(Nc2ccc(Br)c(C)c2Cl)C(=O)N(CCO)C1. The molecule has 0 saturated heterocycles. The number of nitrogens with zero attached hydrogens (tertiary/aromatic N) is 1. The maximum atomic E-state index is 12.4. The number of ether oxygens (including phenoxy) is 1. The van der Waals surface area contributed by atoms with Gasteiger partial charge in [0.1, 0.15) is 5.70 Å². The summed E-state index contributed by atoms with van der Waals surface area (Å²) >= 11 is 9.67. The number of nitrogens with one attached hydrogen (secondary N) is 1. The average molecular weight is 404 g/mol. The van der Waals surface area contributed by atoms with Crippen molar-refractivity contribution in [2.24, 2.45) is 0 Å². The van der Waals surface area contributed by atoms with E-state index in [1.807, 2.05) is 6.92 Å². The van der Waals surface area contributed by atoms with Gasteiger partial charge < -0.3 is 20.1 Å². The fourth-order valence-electron chi connectivity index (χ4n) is 2.24. The van der Waals surface area contributed by atoms with Gasteiger partial charge in [-0.3, -0.25) is 4.79 Å². The molecule has 1 aromatic rings. The summed E-state index contributed by atoms with van der Waals surface area (Å²) in [5, 5.41) is 12.4. The van der Waals surface area contributed by atoms with Gasteiger partial charge >= 0.3 is 5.97 Å². The zero-order valence-electron chi connectivity index (χ0n) is 12.7. The highest BCUT2D eigenvalue weighted by Crippen LogP contribution is 2.33. The van der Waals surface area contributed by atoms with Crippen molar-refractivity contribution in [2.45, 2.75) is 6.92 Å². The van der Waals surface area contributed by atoms with Gasteiger partial charge in [-0.2, -0.15) is 0 Å². The van der Waals surface area contributed by atoms with Crippen LogP contribution in [-0.4, -0.2) is 48.7 Å². The van der Waals surface area contributed by atoms with Crippen molar-refractivity contribution in [3.63, 3.8) is 0 Å². The van der Waals surface area contributed by atoms with E-state index in [-0.39, 0.29) is 36.9 Å². The van der Waals surface area contributed by atoms with Crippen molar-refractivity contribution in [2.75, 3.05) is 32.1 Å². The Morgan fingerprint density at radius 3 is 2.83 bits per heavy atom. The molecule has 0 aromatic heterocycles. The van der Waals surface area contributed by atoms with E-state index in [9.17, 15) is 9.59 Å². The van der Waals surface area contributed by atoms with Gasteiger partial charge in [-0.1, -0.05) is 27.5 Å². The molecule has 23 heavy (non-hydrogen) atoms. The minimum Gasteiger partial charge on any atom is -0.466 e. The Morgan fingerprint density at radius 1 is 1.52 bits per heavy atom. The van der Waals surface area contributed by atoms with Crippen molar-refractivity contribution in [3.8, 4) is 0 Å². The van der Waals surface area contributed by atoms with Crippen LogP contribution in [0.1, 0.15) is 5.56 Å². The Kier molecular flexibility index (Phi) is 5.67. The van der Waals surface area contributed by atoms with Crippen molar-refractivity contribution >= 4 is 45.1 Å². The van der Waals surface area contributed by atoms with Crippen molar-refractivity contribution in [3.05, 3.63) is 38.5 Å². The lowest BCUT2D eigenvalue weighted by Crippen LogP contribution is -2.31. The quantitative estimate of drug-likeness (QED) is 0.736. The van der Waals surface area contributed by atoms with Crippen LogP contribution in [0.2, 0.25) is 5.02 Å². The fraction of sp³-hybridized carbons (Fsp3) is 0.333. The molecule has 124 valence electrons. The Morgan fingerprint density at radius 2 is 2.22 bits per heavy atom. The number of esters is 1. The first-order valence-electron chi connectivity index (χ1n) is 6.84. The van der Waals surface area contributed by atoms with Crippen LogP contribution in [0.4, 0.5) is 5.69 Å². The number of halogens is 2. The fourth-order valence-corrected chi connectivity index (χ4v) is 2.90. The molecule has 0 atom stereocenters. The first-order valence-corrected chi connectivity index (χ1v) is 8.01. The summed E-state index contributed by atoms with van der Waals surface area (Å²) in [6, 6.07) is 3.51. The summed E-state index contributed by atoms with van der Waals surface area (Å²) in [6.07, 6.45) is 0. The molecule has 0 fully saturated rings. The van der Waals surface area contributed by atoms with Crippen molar-refractivity contribution < 1.29 is 19.4 Å². The molecule has 0 saturated carbocycles. The van der Waals surface area contributed by atoms with Crippen LogP contribution in [0.3, 0.4) is 0 Å². The number of hydrogen-bond acceptors (Lipinski definition) is 5. The molecule has 0 unspecified atom stereocenters. The third-order valence-electron chi connectivity index (χ3n) is 3.53. The molecule has 2 N–H and O–H groups in total. The number of aliphatic hydroxyl groups is 1. The summed E-state index contributed by atoms with van der Waals surface area (Å²) in [5.41, 5.74) is 1.66. The largest absolute Gasteiger partial charge is 0.466 e. The van der Waals surface area contributed by atoms with E-state index in [1.165, 1.54) is 12.0 Å². The molecule has 1 aliphatic rings. The van der Waals surface area contributed by atoms with E-state index >= 15 is 0 Å². The standard InChI is InChI=1S/C15H16BrClN2O4/c1-8-10(16)3-4-11(12(8)17)18-13-9(15(22)23-2)7-19(5-6-20)14(13)21/h3-4,18,20H,5-7H2,1-2H3. The van der Waals surface area contributed by atoms with Gasteiger partial charge in [-0.15, -0.1) is 0 Å². The van der Waals surface area contributed by atoms with Crippen LogP contribution in [0.5, 0.6) is 0 Å². The molecule has 1 aliphatic heterocycles. The maximum Gasteiger partial charge on any atom is 0.337 e. The van der Waals surface area contributed by atoms with Crippen LogP contribution in [0.15, 0.2) is 27.9 Å². The second-order valence-corrected chi connectivity index (χ2v) is 6.19. The first kappa shape index (κ1) is 17.8. The third kappa shape index (κ3) is 3.52. The van der Waals surface area contributed by atoms with E-state index in [2.05, 4.69) is 21.2 Å². The summed E-state index contributed by atoms with van der Waals surface area (Å²) in [4.78, 5) is 25.7. The van der Waals surface area contributed by atoms with E-state index in [0.717, 1.165) is 10.0 Å². The van der Waals surface area contributed by atoms with Gasteiger partial charge in [0.15, 0.2) is 0 Å². The van der Waals surface area contributed by atoms with Crippen LogP contribution in [0.25, 0.3) is 0 Å². The number of carbonyl (C=O) groups is 2. The molecule has 8 heteroatoms. The minimum atomic E-state index is -0.591. The lowest BCUT2D eigenvalue weighted by atomic mass is 10.2. The molecule has 0 bridgehead atoms. The molecule has 1 heterocycles. The van der Waals surface area contributed by atoms with Crippen LogP contribution < -0.4 is 5.32 Å². The number of carbonyl (C=O) groups excluding carboxylic acids is 2. The molecule has 1 amide bonds. The number of benzene rings is 1. The van der Waals surface area contributed by atoms with E-state index in [4.69, 9.17) is 21.4 Å². The normalized spacial score (nSPS) is 14.5. The molecule has 0 spiro atoms. The number of rotatable bonds is 5. The second-order valence-electron chi connectivity index (χ2n) is 4.95. The zero-order valence-corrected chi connectivity index (χ0v) is 15.0. The smallest absolute Gasteiger partial charge is 0.337 e. The van der Waals surface area contributed by atoms with Gasteiger partial charge in [0.2, 0.25) is 0 Å². The molecule has 6 nitrogen and oxygen atoms in total. The Balaban J connectivity index is 2.39. The van der Waals surface area contributed by atoms with Gasteiger partial charge in [-0.25, -0.2) is 4.79 Å². The molecule has 2 rings (SSSR count). The third-order valence-corrected chi connectivity index (χ3v) is 4.88. The van der Waals surface area contributed by atoms with Crippen molar-refractivity contribution in [1.29, 1.82) is 0 Å². The highest BCUT2D eigenvalue weighted by Gasteiger charge is 2.34. The molecule has 0 radical (unpaired) electrons. The van der Waals surface area contributed by atoms with Crippen LogP contribution >= 0.6 is 27.5 Å². The molecular formula is C15H16BrClN2O4. The van der Waals surface area contributed by atoms with Crippen LogP contribution in [-0.2, 0) is 14.3 Å². The lowest BCUT2D eigenvalue weighted by Gasteiger charge is -2.15. The predicted octanol–water partition coefficient (Wildman–Crippen LogP) is 2.08. The number of β-amino-alcohol motifs (C(OH)–C–C–N with tert-alkyl or cyclic N) is 1. The van der Waals surface area contributed by atoms with Gasteiger partial charge in [0, 0.05) is 11.0 Å². The number of methoxy groups -OCH3 is 1. The lowest BCUT2D eigenvalue weighted by molar-refractivity contribution is -0.136. The predicted molar refractivity (Wildman–Crippen MR) is 90.2 cm³/mol. The number of hydrogen-bond donors (Lipinski definition) is 2. The Labute approximate surface area is 147 Å². The summed E-state index contributed by atoms with van der Waals surface area (Å²) in [6.45, 7) is 1.87. The summed E-state index contributed by atoms with van der Waals surface area (Å²) in [5.74, 6) is -0.970.